The fraction of sp³-hybridized carbons (Fsp3) is 0.909. The maximum atomic E-state index is 11.5. The summed E-state index contributed by atoms with van der Waals surface area (Å²) in [6.07, 6.45) is 0.999. The molecule has 0 aliphatic carbocycles. The van der Waals surface area contributed by atoms with Crippen LogP contribution in [0.15, 0.2) is 0 Å². The molecule has 88 valence electrons. The van der Waals surface area contributed by atoms with Crippen molar-refractivity contribution in [1.82, 2.24) is 15.1 Å². The van der Waals surface area contributed by atoms with Gasteiger partial charge in [-0.2, -0.15) is 0 Å². The maximum Gasteiger partial charge on any atom is 0.317 e. The Morgan fingerprint density at radius 2 is 1.93 bits per heavy atom. The van der Waals surface area contributed by atoms with E-state index in [1.807, 2.05) is 4.90 Å². The maximum absolute atomic E-state index is 11.5. The van der Waals surface area contributed by atoms with Crippen LogP contribution in [0.2, 0.25) is 0 Å². The van der Waals surface area contributed by atoms with Gasteiger partial charge in [-0.15, -0.1) is 0 Å². The van der Waals surface area contributed by atoms with Gasteiger partial charge < -0.3 is 10.2 Å². The van der Waals surface area contributed by atoms with Gasteiger partial charge in [-0.05, 0) is 19.5 Å². The van der Waals surface area contributed by atoms with Crippen LogP contribution >= 0.6 is 0 Å². The molecule has 0 aromatic rings. The van der Waals surface area contributed by atoms with Crippen molar-refractivity contribution < 1.29 is 4.79 Å². The SMILES string of the molecule is CCCNC(=O)N1CC(N(CC)CC)C1. The molecule has 1 N–H and O–H groups in total. The monoisotopic (exact) mass is 213 g/mol. The molecular weight excluding hydrogens is 190 g/mol. The van der Waals surface area contributed by atoms with Crippen LogP contribution in [0.4, 0.5) is 4.79 Å². The normalized spacial score (nSPS) is 16.7. The number of carbonyl (C=O) groups excluding carboxylic acids is 1. The number of nitrogens with one attached hydrogen (secondary N) is 1. The Balaban J connectivity index is 2.21. The summed E-state index contributed by atoms with van der Waals surface area (Å²) in [7, 11) is 0. The van der Waals surface area contributed by atoms with Crippen LogP contribution < -0.4 is 5.32 Å². The molecule has 15 heavy (non-hydrogen) atoms. The molecule has 0 bridgehead atoms. The van der Waals surface area contributed by atoms with Gasteiger partial charge in [-0.3, -0.25) is 4.90 Å². The molecule has 0 aromatic heterocycles. The highest BCUT2D eigenvalue weighted by molar-refractivity contribution is 5.75. The third-order valence-corrected chi connectivity index (χ3v) is 3.00. The van der Waals surface area contributed by atoms with E-state index in [1.54, 1.807) is 0 Å². The molecule has 2 amide bonds. The lowest BCUT2D eigenvalue weighted by molar-refractivity contribution is 0.0633. The molecule has 1 heterocycles. The van der Waals surface area contributed by atoms with Crippen molar-refractivity contribution in [3.8, 4) is 0 Å². The first-order chi connectivity index (χ1) is 7.22. The van der Waals surface area contributed by atoms with E-state index in [2.05, 4.69) is 31.0 Å². The van der Waals surface area contributed by atoms with E-state index in [0.717, 1.165) is 39.1 Å². The second-order valence-corrected chi connectivity index (χ2v) is 4.01. The molecule has 0 spiro atoms. The fourth-order valence-corrected chi connectivity index (χ4v) is 1.94. The molecule has 1 aliphatic rings. The van der Waals surface area contributed by atoms with Crippen molar-refractivity contribution in [2.24, 2.45) is 0 Å². The molecule has 4 nitrogen and oxygen atoms in total. The first-order valence-electron chi connectivity index (χ1n) is 5.99. The van der Waals surface area contributed by atoms with Gasteiger partial charge in [-0.25, -0.2) is 4.79 Å². The lowest BCUT2D eigenvalue weighted by atomic mass is 10.1. The Morgan fingerprint density at radius 1 is 1.33 bits per heavy atom. The molecule has 1 fully saturated rings. The van der Waals surface area contributed by atoms with Crippen molar-refractivity contribution in [2.45, 2.75) is 33.2 Å². The number of urea groups is 1. The van der Waals surface area contributed by atoms with Crippen molar-refractivity contribution in [2.75, 3.05) is 32.7 Å². The Labute approximate surface area is 92.6 Å². The number of carbonyl (C=O) groups is 1. The highest BCUT2D eigenvalue weighted by atomic mass is 16.2. The van der Waals surface area contributed by atoms with Gasteiger partial charge in [0, 0.05) is 25.7 Å². The number of amides is 2. The summed E-state index contributed by atoms with van der Waals surface area (Å²) in [6.45, 7) is 11.1. The molecular formula is C11H23N3O. The van der Waals surface area contributed by atoms with Gasteiger partial charge in [0.15, 0.2) is 0 Å². The smallest absolute Gasteiger partial charge is 0.317 e. The molecule has 0 radical (unpaired) electrons. The van der Waals surface area contributed by atoms with Crippen LogP contribution in [-0.4, -0.2) is 54.6 Å². The van der Waals surface area contributed by atoms with E-state index < -0.39 is 0 Å². The number of likely N-dealkylation sites (tertiary alicyclic amines) is 1. The molecule has 0 saturated carbocycles. The summed E-state index contributed by atoms with van der Waals surface area (Å²) in [5.41, 5.74) is 0. The Bertz CT molecular complexity index is 198. The van der Waals surface area contributed by atoms with E-state index in [-0.39, 0.29) is 6.03 Å². The third kappa shape index (κ3) is 3.09. The zero-order valence-electron chi connectivity index (χ0n) is 10.1. The first kappa shape index (κ1) is 12.3. The average molecular weight is 213 g/mol. The lowest BCUT2D eigenvalue weighted by Gasteiger charge is -2.44. The molecule has 1 saturated heterocycles. The fourth-order valence-electron chi connectivity index (χ4n) is 1.94. The highest BCUT2D eigenvalue weighted by Crippen LogP contribution is 2.14. The predicted octanol–water partition coefficient (Wildman–Crippen LogP) is 1.13. The number of hydrogen-bond donors (Lipinski definition) is 1. The second kappa shape index (κ2) is 5.95. The topological polar surface area (TPSA) is 35.6 Å². The van der Waals surface area contributed by atoms with Gasteiger partial charge >= 0.3 is 6.03 Å². The first-order valence-corrected chi connectivity index (χ1v) is 5.99. The summed E-state index contributed by atoms with van der Waals surface area (Å²) in [4.78, 5) is 15.8. The summed E-state index contributed by atoms with van der Waals surface area (Å²) < 4.78 is 0. The molecule has 1 aliphatic heterocycles. The van der Waals surface area contributed by atoms with Crippen molar-refractivity contribution in [3.05, 3.63) is 0 Å². The zero-order valence-corrected chi connectivity index (χ0v) is 10.1. The molecule has 4 heteroatoms. The minimum atomic E-state index is 0.0975. The molecule has 0 aromatic carbocycles. The van der Waals surface area contributed by atoms with E-state index in [4.69, 9.17) is 0 Å². The number of rotatable bonds is 5. The zero-order chi connectivity index (χ0) is 11.3. The molecule has 1 rings (SSSR count). The summed E-state index contributed by atoms with van der Waals surface area (Å²) >= 11 is 0. The quantitative estimate of drug-likeness (QED) is 0.743. The van der Waals surface area contributed by atoms with Crippen molar-refractivity contribution in [3.63, 3.8) is 0 Å². The predicted molar refractivity (Wildman–Crippen MR) is 62.0 cm³/mol. The van der Waals surface area contributed by atoms with Crippen LogP contribution in [0.1, 0.15) is 27.2 Å². The number of nitrogens with zero attached hydrogens (tertiary/aromatic N) is 2. The lowest BCUT2D eigenvalue weighted by Crippen LogP contribution is -2.62. The second-order valence-electron chi connectivity index (χ2n) is 4.01. The third-order valence-electron chi connectivity index (χ3n) is 3.00. The minimum Gasteiger partial charge on any atom is -0.338 e. The van der Waals surface area contributed by atoms with Crippen LogP contribution in [0.25, 0.3) is 0 Å². The van der Waals surface area contributed by atoms with E-state index >= 15 is 0 Å². The summed E-state index contributed by atoms with van der Waals surface area (Å²) in [5, 5.41) is 2.90. The van der Waals surface area contributed by atoms with E-state index in [0.29, 0.717) is 6.04 Å². The Morgan fingerprint density at radius 3 is 2.40 bits per heavy atom. The minimum absolute atomic E-state index is 0.0975. The van der Waals surface area contributed by atoms with Gasteiger partial charge in [-0.1, -0.05) is 20.8 Å². The Hall–Kier alpha value is -0.770. The van der Waals surface area contributed by atoms with Crippen molar-refractivity contribution >= 4 is 6.03 Å². The molecule has 0 unspecified atom stereocenters. The molecule has 0 atom stereocenters. The summed E-state index contributed by atoms with van der Waals surface area (Å²) in [5.74, 6) is 0. The largest absolute Gasteiger partial charge is 0.338 e. The van der Waals surface area contributed by atoms with E-state index in [9.17, 15) is 4.79 Å². The summed E-state index contributed by atoms with van der Waals surface area (Å²) in [6, 6.07) is 0.674. The van der Waals surface area contributed by atoms with Gasteiger partial charge in [0.05, 0.1) is 0 Å². The standard InChI is InChI=1S/C11H23N3O/c1-4-7-12-11(15)14-8-10(9-14)13(5-2)6-3/h10H,4-9H2,1-3H3,(H,12,15). The van der Waals surface area contributed by atoms with Crippen LogP contribution in [0.5, 0.6) is 0 Å². The van der Waals surface area contributed by atoms with Gasteiger partial charge in [0.25, 0.3) is 0 Å². The van der Waals surface area contributed by atoms with Crippen LogP contribution in [0.3, 0.4) is 0 Å². The number of hydrogen-bond acceptors (Lipinski definition) is 2. The average Bonchev–Trinajstić information content (AvgIpc) is 2.19. The van der Waals surface area contributed by atoms with Gasteiger partial charge in [0.1, 0.15) is 0 Å². The number of likely N-dealkylation sites (N-methyl/N-ethyl adjacent to an activating group) is 1. The van der Waals surface area contributed by atoms with Crippen LogP contribution in [-0.2, 0) is 0 Å². The highest BCUT2D eigenvalue weighted by Gasteiger charge is 2.33. The van der Waals surface area contributed by atoms with Gasteiger partial charge in [0.2, 0.25) is 0 Å². The van der Waals surface area contributed by atoms with Crippen LogP contribution in [0, 0.1) is 0 Å². The Kier molecular flexibility index (Phi) is 4.88. The van der Waals surface area contributed by atoms with E-state index in [1.165, 1.54) is 0 Å². The van der Waals surface area contributed by atoms with Crippen molar-refractivity contribution in [1.29, 1.82) is 0 Å².